The number of hydrogen-bond donors (Lipinski definition) is 2. The Balaban J connectivity index is 1.94. The van der Waals surface area contributed by atoms with Gasteiger partial charge < -0.3 is 10.4 Å². The van der Waals surface area contributed by atoms with E-state index in [-0.39, 0.29) is 17.9 Å². The maximum absolute atomic E-state index is 12.1. The molecule has 6 heteroatoms. The van der Waals surface area contributed by atoms with Crippen molar-refractivity contribution in [1.82, 2.24) is 5.32 Å². The van der Waals surface area contributed by atoms with Gasteiger partial charge in [0, 0.05) is 11.1 Å². The van der Waals surface area contributed by atoms with Gasteiger partial charge in [0.15, 0.2) is 0 Å². The summed E-state index contributed by atoms with van der Waals surface area (Å²) in [5.41, 5.74) is 0.386. The van der Waals surface area contributed by atoms with Gasteiger partial charge in [0.05, 0.1) is 16.5 Å². The Labute approximate surface area is 127 Å². The van der Waals surface area contributed by atoms with E-state index in [0.29, 0.717) is 41.3 Å². The van der Waals surface area contributed by atoms with Gasteiger partial charge in [-0.1, -0.05) is 23.2 Å². The first kappa shape index (κ1) is 15.1. The fourth-order valence-corrected chi connectivity index (χ4v) is 2.92. The van der Waals surface area contributed by atoms with Crippen molar-refractivity contribution in [2.24, 2.45) is 5.92 Å². The molecule has 0 aliphatic heterocycles. The highest BCUT2D eigenvalue weighted by Gasteiger charge is 2.27. The van der Waals surface area contributed by atoms with Crippen LogP contribution in [0.1, 0.15) is 36.0 Å². The molecule has 0 aromatic heterocycles. The molecular weight excluding hydrogens is 301 g/mol. The second-order valence-corrected chi connectivity index (χ2v) is 5.83. The molecule has 0 radical (unpaired) electrons. The van der Waals surface area contributed by atoms with Gasteiger partial charge in [0.2, 0.25) is 0 Å². The Hall–Kier alpha value is -1.26. The van der Waals surface area contributed by atoms with E-state index >= 15 is 0 Å². The molecular formula is C14H15Cl2NO3. The summed E-state index contributed by atoms with van der Waals surface area (Å²) in [6, 6.07) is 4.73. The SMILES string of the molecule is O=C(NC1CCC(C(=O)O)CC1)c1ccc(Cl)cc1Cl. The molecule has 108 valence electrons. The van der Waals surface area contributed by atoms with Gasteiger partial charge >= 0.3 is 5.97 Å². The molecule has 0 heterocycles. The highest BCUT2D eigenvalue weighted by Crippen LogP contribution is 2.26. The molecule has 1 aliphatic carbocycles. The van der Waals surface area contributed by atoms with E-state index < -0.39 is 5.97 Å². The molecule has 0 spiro atoms. The summed E-state index contributed by atoms with van der Waals surface area (Å²) >= 11 is 11.8. The summed E-state index contributed by atoms with van der Waals surface area (Å²) in [6.07, 6.45) is 2.53. The lowest BCUT2D eigenvalue weighted by Crippen LogP contribution is -2.38. The summed E-state index contributed by atoms with van der Waals surface area (Å²) in [5, 5.41) is 12.6. The second-order valence-electron chi connectivity index (χ2n) is 4.98. The van der Waals surface area contributed by atoms with Crippen LogP contribution in [0.5, 0.6) is 0 Å². The number of carboxylic acids is 1. The van der Waals surface area contributed by atoms with Gasteiger partial charge in [-0.25, -0.2) is 0 Å². The van der Waals surface area contributed by atoms with Crippen LogP contribution in [0.4, 0.5) is 0 Å². The van der Waals surface area contributed by atoms with Crippen LogP contribution in [-0.2, 0) is 4.79 Å². The zero-order chi connectivity index (χ0) is 14.7. The molecule has 1 saturated carbocycles. The van der Waals surface area contributed by atoms with Crippen LogP contribution in [-0.4, -0.2) is 23.0 Å². The third-order valence-corrected chi connectivity index (χ3v) is 4.14. The average molecular weight is 316 g/mol. The number of carbonyl (C=O) groups is 2. The van der Waals surface area contributed by atoms with E-state index in [2.05, 4.69) is 5.32 Å². The Kier molecular flexibility index (Phi) is 4.89. The number of benzene rings is 1. The fourth-order valence-electron chi connectivity index (χ4n) is 2.42. The van der Waals surface area contributed by atoms with Gasteiger partial charge in [-0.3, -0.25) is 9.59 Å². The number of aliphatic carboxylic acids is 1. The Morgan fingerprint density at radius 3 is 2.35 bits per heavy atom. The number of hydrogen-bond acceptors (Lipinski definition) is 2. The molecule has 1 aliphatic rings. The average Bonchev–Trinajstić information content (AvgIpc) is 2.39. The Bertz CT molecular complexity index is 525. The predicted octanol–water partition coefficient (Wildman–Crippen LogP) is 3.37. The first-order chi connectivity index (χ1) is 9.47. The van der Waals surface area contributed by atoms with Crippen molar-refractivity contribution in [1.29, 1.82) is 0 Å². The first-order valence-electron chi connectivity index (χ1n) is 6.46. The molecule has 1 aromatic carbocycles. The third-order valence-electron chi connectivity index (χ3n) is 3.59. The number of rotatable bonds is 3. The van der Waals surface area contributed by atoms with E-state index in [1.807, 2.05) is 0 Å². The van der Waals surface area contributed by atoms with Gasteiger partial charge in [-0.05, 0) is 43.9 Å². The van der Waals surface area contributed by atoms with Crippen molar-refractivity contribution in [2.45, 2.75) is 31.7 Å². The van der Waals surface area contributed by atoms with Gasteiger partial charge in [-0.2, -0.15) is 0 Å². The molecule has 4 nitrogen and oxygen atoms in total. The van der Waals surface area contributed by atoms with Crippen LogP contribution < -0.4 is 5.32 Å². The van der Waals surface area contributed by atoms with Crippen molar-refractivity contribution >= 4 is 35.1 Å². The zero-order valence-electron chi connectivity index (χ0n) is 10.7. The van der Waals surface area contributed by atoms with Crippen molar-refractivity contribution < 1.29 is 14.7 Å². The first-order valence-corrected chi connectivity index (χ1v) is 7.21. The van der Waals surface area contributed by atoms with Crippen LogP contribution in [0.25, 0.3) is 0 Å². The van der Waals surface area contributed by atoms with Gasteiger partial charge in [0.1, 0.15) is 0 Å². The molecule has 0 unspecified atom stereocenters. The molecule has 1 amide bonds. The monoisotopic (exact) mass is 315 g/mol. The lowest BCUT2D eigenvalue weighted by Gasteiger charge is -2.26. The molecule has 1 fully saturated rings. The summed E-state index contributed by atoms with van der Waals surface area (Å²) in [6.45, 7) is 0. The predicted molar refractivity (Wildman–Crippen MR) is 77.3 cm³/mol. The molecule has 2 rings (SSSR count). The van der Waals surface area contributed by atoms with Crippen LogP contribution in [0, 0.1) is 5.92 Å². The van der Waals surface area contributed by atoms with E-state index in [0.717, 1.165) is 0 Å². The minimum atomic E-state index is -0.754. The standard InChI is InChI=1S/C14H15Cl2NO3/c15-9-3-6-11(12(16)7-9)13(18)17-10-4-1-8(2-5-10)14(19)20/h3,6-8,10H,1-2,4-5H2,(H,17,18)(H,19,20). The van der Waals surface area contributed by atoms with Crippen molar-refractivity contribution in [3.63, 3.8) is 0 Å². The maximum atomic E-state index is 12.1. The Morgan fingerprint density at radius 1 is 1.15 bits per heavy atom. The number of nitrogens with one attached hydrogen (secondary N) is 1. The summed E-state index contributed by atoms with van der Waals surface area (Å²) < 4.78 is 0. The fraction of sp³-hybridized carbons (Fsp3) is 0.429. The van der Waals surface area contributed by atoms with E-state index in [4.69, 9.17) is 28.3 Å². The van der Waals surface area contributed by atoms with Gasteiger partial charge in [-0.15, -0.1) is 0 Å². The van der Waals surface area contributed by atoms with Crippen LogP contribution in [0.3, 0.4) is 0 Å². The molecule has 0 atom stereocenters. The lowest BCUT2D eigenvalue weighted by molar-refractivity contribution is -0.142. The largest absolute Gasteiger partial charge is 0.481 e. The van der Waals surface area contributed by atoms with E-state index in [9.17, 15) is 9.59 Å². The maximum Gasteiger partial charge on any atom is 0.306 e. The third kappa shape index (κ3) is 3.64. The highest BCUT2D eigenvalue weighted by atomic mass is 35.5. The molecule has 0 bridgehead atoms. The van der Waals surface area contributed by atoms with Crippen molar-refractivity contribution in [2.75, 3.05) is 0 Å². The smallest absolute Gasteiger partial charge is 0.306 e. The number of carbonyl (C=O) groups excluding carboxylic acids is 1. The van der Waals surface area contributed by atoms with E-state index in [1.165, 1.54) is 6.07 Å². The second kappa shape index (κ2) is 6.46. The zero-order valence-corrected chi connectivity index (χ0v) is 12.2. The topological polar surface area (TPSA) is 66.4 Å². The van der Waals surface area contributed by atoms with Crippen LogP contribution >= 0.6 is 23.2 Å². The number of amides is 1. The number of carboxylic acid groups (broad SMARTS) is 1. The highest BCUT2D eigenvalue weighted by molar-refractivity contribution is 6.36. The van der Waals surface area contributed by atoms with Crippen molar-refractivity contribution in [3.05, 3.63) is 33.8 Å². The quantitative estimate of drug-likeness (QED) is 0.898. The van der Waals surface area contributed by atoms with E-state index in [1.54, 1.807) is 12.1 Å². The van der Waals surface area contributed by atoms with Crippen LogP contribution in [0.15, 0.2) is 18.2 Å². The molecule has 1 aromatic rings. The molecule has 2 N–H and O–H groups in total. The minimum Gasteiger partial charge on any atom is -0.481 e. The Morgan fingerprint density at radius 2 is 1.80 bits per heavy atom. The summed E-state index contributed by atoms with van der Waals surface area (Å²) in [7, 11) is 0. The number of halogens is 2. The van der Waals surface area contributed by atoms with Gasteiger partial charge in [0.25, 0.3) is 5.91 Å². The lowest BCUT2D eigenvalue weighted by atomic mass is 9.86. The van der Waals surface area contributed by atoms with Crippen LogP contribution in [0.2, 0.25) is 10.0 Å². The molecule has 0 saturated heterocycles. The minimum absolute atomic E-state index is 0.00449. The summed E-state index contributed by atoms with van der Waals surface area (Å²) in [4.78, 5) is 23.0. The summed E-state index contributed by atoms with van der Waals surface area (Å²) in [5.74, 6) is -1.29. The van der Waals surface area contributed by atoms with Crippen molar-refractivity contribution in [3.8, 4) is 0 Å². The normalized spacial score (nSPS) is 22.3. The molecule has 20 heavy (non-hydrogen) atoms.